The molecule has 0 heterocycles. The van der Waals surface area contributed by atoms with Gasteiger partial charge in [-0.25, -0.2) is 8.78 Å². The van der Waals surface area contributed by atoms with E-state index in [1.54, 1.807) is 0 Å². The third-order valence-electron chi connectivity index (χ3n) is 3.51. The maximum Gasteiger partial charge on any atom is 0.238 e. The van der Waals surface area contributed by atoms with Crippen LogP contribution in [-0.4, -0.2) is 15.9 Å². The van der Waals surface area contributed by atoms with E-state index < -0.39 is 6.43 Å². The van der Waals surface area contributed by atoms with Gasteiger partial charge in [-0.3, -0.25) is 0 Å². The molecule has 15 heavy (non-hydrogen) atoms. The van der Waals surface area contributed by atoms with Gasteiger partial charge in [0.05, 0.1) is 0 Å². The minimum Gasteiger partial charge on any atom is -0.211 e. The Morgan fingerprint density at radius 3 is 2.27 bits per heavy atom. The van der Waals surface area contributed by atoms with Gasteiger partial charge < -0.3 is 0 Å². The number of hydrogen-bond acceptors (Lipinski definition) is 0. The van der Waals surface area contributed by atoms with Gasteiger partial charge >= 0.3 is 0 Å². The Kier molecular flexibility index (Phi) is 7.23. The van der Waals surface area contributed by atoms with Crippen LogP contribution in [0.25, 0.3) is 0 Å². The normalized spacial score (nSPS) is 20.2. The molecule has 1 saturated carbocycles. The number of halogens is 2. The van der Waals surface area contributed by atoms with Gasteiger partial charge in [-0.2, -0.15) is 0 Å². The zero-order valence-corrected chi connectivity index (χ0v) is 11.1. The third-order valence-corrected chi connectivity index (χ3v) is 6.05. The molecule has 3 heteroatoms. The van der Waals surface area contributed by atoms with E-state index in [2.05, 4.69) is 0 Å². The Morgan fingerprint density at radius 2 is 1.67 bits per heavy atom. The van der Waals surface area contributed by atoms with Crippen molar-refractivity contribution in [1.82, 2.24) is 0 Å². The molecule has 0 aromatic carbocycles. The van der Waals surface area contributed by atoms with E-state index in [-0.39, 0.29) is 15.9 Å². The van der Waals surface area contributed by atoms with Crippen LogP contribution < -0.4 is 0 Å². The van der Waals surface area contributed by atoms with E-state index in [1.807, 2.05) is 0 Å². The highest BCUT2D eigenvalue weighted by molar-refractivity contribution is 6.37. The first-order chi connectivity index (χ1) is 7.29. The Bertz CT molecular complexity index is 143. The third kappa shape index (κ3) is 7.04. The van der Waals surface area contributed by atoms with Gasteiger partial charge in [0.15, 0.2) is 0 Å². The van der Waals surface area contributed by atoms with Gasteiger partial charge in [-0.15, -0.1) is 0 Å². The van der Waals surface area contributed by atoms with Crippen molar-refractivity contribution >= 4 is 9.52 Å². The van der Waals surface area contributed by atoms with Gasteiger partial charge in [0, 0.05) is 15.9 Å². The molecule has 0 N–H and O–H groups in total. The highest BCUT2D eigenvalue weighted by Crippen LogP contribution is 2.27. The van der Waals surface area contributed by atoms with Gasteiger partial charge in [-0.05, 0) is 6.42 Å². The summed E-state index contributed by atoms with van der Waals surface area (Å²) in [6.07, 6.45) is 8.45. The summed E-state index contributed by atoms with van der Waals surface area (Å²) >= 11 is 0. The van der Waals surface area contributed by atoms with E-state index >= 15 is 0 Å². The first kappa shape index (κ1) is 13.1. The van der Waals surface area contributed by atoms with E-state index in [0.29, 0.717) is 0 Å². The molecule has 1 aliphatic carbocycles. The summed E-state index contributed by atoms with van der Waals surface area (Å²) in [5.41, 5.74) is 1.04. The van der Waals surface area contributed by atoms with Crippen LogP contribution in [0.4, 0.5) is 8.78 Å². The average Bonchev–Trinajstić information content (AvgIpc) is 2.45. The van der Waals surface area contributed by atoms with Gasteiger partial charge in [-0.1, -0.05) is 56.5 Å². The molecule has 0 aliphatic heterocycles. The van der Waals surface area contributed by atoms with Crippen LogP contribution in [0.2, 0.25) is 11.6 Å². The van der Waals surface area contributed by atoms with Crippen molar-refractivity contribution in [3.63, 3.8) is 0 Å². The van der Waals surface area contributed by atoms with Crippen molar-refractivity contribution in [2.45, 2.75) is 75.8 Å². The fourth-order valence-corrected chi connectivity index (χ4v) is 4.94. The second-order valence-corrected chi connectivity index (χ2v) is 7.33. The van der Waals surface area contributed by atoms with Crippen molar-refractivity contribution in [3.05, 3.63) is 0 Å². The van der Waals surface area contributed by atoms with Gasteiger partial charge in [0.25, 0.3) is 0 Å². The van der Waals surface area contributed by atoms with E-state index in [0.717, 1.165) is 18.4 Å². The summed E-state index contributed by atoms with van der Waals surface area (Å²) in [5.74, 6) is 0. The van der Waals surface area contributed by atoms with Crippen LogP contribution in [0.1, 0.15) is 57.8 Å². The zero-order valence-electron chi connectivity index (χ0n) is 9.69. The highest BCUT2D eigenvalue weighted by Gasteiger charge is 2.12. The van der Waals surface area contributed by atoms with Crippen LogP contribution in [-0.2, 0) is 0 Å². The largest absolute Gasteiger partial charge is 0.238 e. The van der Waals surface area contributed by atoms with Crippen molar-refractivity contribution in [2.75, 3.05) is 0 Å². The molecule has 0 aromatic rings. The molecule has 1 rings (SSSR count). The molecule has 1 fully saturated rings. The topological polar surface area (TPSA) is 0 Å². The Hall–Kier alpha value is 0.0769. The van der Waals surface area contributed by atoms with E-state index in [1.165, 1.54) is 44.6 Å². The number of unbranched alkanes of at least 4 members (excludes halogenated alkanes) is 1. The molecule has 0 atom stereocenters. The predicted molar refractivity (Wildman–Crippen MR) is 64.7 cm³/mol. The molecule has 0 bridgehead atoms. The number of alkyl halides is 2. The Morgan fingerprint density at radius 1 is 1.00 bits per heavy atom. The van der Waals surface area contributed by atoms with Gasteiger partial charge in [0.1, 0.15) is 0 Å². The molecule has 0 spiro atoms. The first-order valence-corrected chi connectivity index (χ1v) is 8.39. The van der Waals surface area contributed by atoms with Crippen LogP contribution >= 0.6 is 0 Å². The zero-order chi connectivity index (χ0) is 10.9. The van der Waals surface area contributed by atoms with Crippen molar-refractivity contribution in [1.29, 1.82) is 0 Å². The Labute approximate surface area is 94.7 Å². The lowest BCUT2D eigenvalue weighted by Gasteiger charge is -2.12. The molecule has 1 aliphatic rings. The van der Waals surface area contributed by atoms with Crippen LogP contribution in [0.5, 0.6) is 0 Å². The molecular formula is C12H24F2Si. The van der Waals surface area contributed by atoms with Crippen LogP contribution in [0, 0.1) is 0 Å². The van der Waals surface area contributed by atoms with E-state index in [4.69, 9.17) is 0 Å². The van der Waals surface area contributed by atoms with Crippen LogP contribution in [0.3, 0.4) is 0 Å². The van der Waals surface area contributed by atoms with Crippen molar-refractivity contribution < 1.29 is 8.78 Å². The standard InChI is InChI=1S/C12H24F2Si/c13-12(14)9-5-6-10-15-11-7-3-1-2-4-8-11/h11-12H,1-10,15H2. The molecule has 0 radical (unpaired) electrons. The van der Waals surface area contributed by atoms with Crippen molar-refractivity contribution in [2.24, 2.45) is 0 Å². The van der Waals surface area contributed by atoms with E-state index in [9.17, 15) is 8.78 Å². The summed E-state index contributed by atoms with van der Waals surface area (Å²) in [6, 6.07) is 1.30. The molecule has 0 aromatic heterocycles. The fourth-order valence-electron chi connectivity index (χ4n) is 2.56. The Balaban J connectivity index is 1.94. The lowest BCUT2D eigenvalue weighted by atomic mass is 10.2. The second-order valence-electron chi connectivity index (χ2n) is 4.89. The monoisotopic (exact) mass is 234 g/mol. The SMILES string of the molecule is FC(F)CCCC[SiH2]C1CCCCCC1. The number of hydrogen-bond donors (Lipinski definition) is 0. The summed E-state index contributed by atoms with van der Waals surface area (Å²) in [4.78, 5) is 0. The lowest BCUT2D eigenvalue weighted by molar-refractivity contribution is 0.134. The summed E-state index contributed by atoms with van der Waals surface area (Å²) in [7, 11) is 0.0535. The summed E-state index contributed by atoms with van der Waals surface area (Å²) < 4.78 is 23.8. The molecule has 0 unspecified atom stereocenters. The number of rotatable bonds is 6. The van der Waals surface area contributed by atoms with Gasteiger partial charge in [0.2, 0.25) is 6.43 Å². The molecule has 0 nitrogen and oxygen atoms in total. The fraction of sp³-hybridized carbons (Fsp3) is 1.00. The lowest BCUT2D eigenvalue weighted by Crippen LogP contribution is -2.02. The quantitative estimate of drug-likeness (QED) is 0.368. The summed E-state index contributed by atoms with van der Waals surface area (Å²) in [5, 5.41) is 0. The van der Waals surface area contributed by atoms with Crippen molar-refractivity contribution in [3.8, 4) is 0 Å². The average molecular weight is 234 g/mol. The maximum absolute atomic E-state index is 11.9. The predicted octanol–water partition coefficient (Wildman–Crippen LogP) is 4.15. The minimum absolute atomic E-state index is 0.0535. The smallest absolute Gasteiger partial charge is 0.211 e. The molecular weight excluding hydrogens is 210 g/mol. The first-order valence-electron chi connectivity index (χ1n) is 6.57. The molecule has 0 saturated heterocycles. The maximum atomic E-state index is 11.9. The highest BCUT2D eigenvalue weighted by atomic mass is 28.2. The minimum atomic E-state index is -2.08. The molecule has 0 amide bonds. The molecule has 90 valence electrons. The second kappa shape index (κ2) is 8.25. The summed E-state index contributed by atoms with van der Waals surface area (Å²) in [6.45, 7) is 0. The van der Waals surface area contributed by atoms with Crippen LogP contribution in [0.15, 0.2) is 0 Å².